The van der Waals surface area contributed by atoms with Crippen molar-refractivity contribution in [1.82, 2.24) is 9.97 Å². The lowest BCUT2D eigenvalue weighted by Gasteiger charge is -2.04. The number of halogens is 1. The zero-order valence-electron chi connectivity index (χ0n) is 8.54. The van der Waals surface area contributed by atoms with Crippen LogP contribution in [0.1, 0.15) is 5.82 Å². The number of ether oxygens (including phenoxy) is 1. The van der Waals surface area contributed by atoms with Crippen LogP contribution in [0.4, 0.5) is 0 Å². The Balaban J connectivity index is 2.42. The van der Waals surface area contributed by atoms with Gasteiger partial charge in [-0.15, -0.1) is 0 Å². The lowest BCUT2D eigenvalue weighted by Crippen LogP contribution is -1.85. The van der Waals surface area contributed by atoms with E-state index in [1.54, 1.807) is 13.3 Å². The Morgan fingerprint density at radius 1 is 1.40 bits per heavy atom. The fourth-order valence-corrected chi connectivity index (χ4v) is 1.66. The Hall–Kier alpha value is -1.48. The van der Waals surface area contributed by atoms with E-state index >= 15 is 0 Å². The number of aromatic amines is 1. The highest BCUT2D eigenvalue weighted by Gasteiger charge is 2.05. The van der Waals surface area contributed by atoms with Gasteiger partial charge in [0.15, 0.2) is 0 Å². The quantitative estimate of drug-likeness (QED) is 0.848. The highest BCUT2D eigenvalue weighted by atomic mass is 35.5. The molecule has 0 saturated heterocycles. The van der Waals surface area contributed by atoms with E-state index in [9.17, 15) is 0 Å². The smallest absolute Gasteiger partial charge is 0.137 e. The maximum absolute atomic E-state index is 6.03. The van der Waals surface area contributed by atoms with E-state index in [2.05, 4.69) is 9.97 Å². The van der Waals surface area contributed by atoms with Crippen LogP contribution in [0.15, 0.2) is 24.4 Å². The van der Waals surface area contributed by atoms with Crippen LogP contribution in [0.2, 0.25) is 5.02 Å². The number of hydrogen-bond acceptors (Lipinski definition) is 2. The number of H-pyrrole nitrogens is 1. The van der Waals surface area contributed by atoms with Crippen LogP contribution in [0.25, 0.3) is 11.3 Å². The molecule has 0 atom stereocenters. The molecular weight excluding hydrogens is 212 g/mol. The Labute approximate surface area is 93.1 Å². The van der Waals surface area contributed by atoms with Gasteiger partial charge in [-0.05, 0) is 25.1 Å². The van der Waals surface area contributed by atoms with E-state index in [0.29, 0.717) is 10.8 Å². The Morgan fingerprint density at radius 2 is 2.20 bits per heavy atom. The van der Waals surface area contributed by atoms with E-state index < -0.39 is 0 Å². The first-order valence-corrected chi connectivity index (χ1v) is 4.94. The van der Waals surface area contributed by atoms with Crippen LogP contribution in [0.5, 0.6) is 5.75 Å². The Bertz CT molecular complexity index is 479. The van der Waals surface area contributed by atoms with Crippen molar-refractivity contribution >= 4 is 11.6 Å². The second-order valence-electron chi connectivity index (χ2n) is 3.23. The highest BCUT2D eigenvalue weighted by molar-refractivity contribution is 6.32. The van der Waals surface area contributed by atoms with E-state index in [1.807, 2.05) is 25.1 Å². The summed E-state index contributed by atoms with van der Waals surface area (Å²) in [7, 11) is 1.60. The van der Waals surface area contributed by atoms with Crippen LogP contribution in [-0.2, 0) is 0 Å². The van der Waals surface area contributed by atoms with Gasteiger partial charge in [0.05, 0.1) is 24.0 Å². The minimum Gasteiger partial charge on any atom is -0.495 e. The van der Waals surface area contributed by atoms with Gasteiger partial charge in [0.2, 0.25) is 0 Å². The summed E-state index contributed by atoms with van der Waals surface area (Å²) >= 11 is 6.03. The summed E-state index contributed by atoms with van der Waals surface area (Å²) in [5, 5.41) is 0.599. The molecule has 0 aliphatic carbocycles. The van der Waals surface area contributed by atoms with Crippen LogP contribution >= 0.6 is 11.6 Å². The predicted molar refractivity (Wildman–Crippen MR) is 60.3 cm³/mol. The third kappa shape index (κ3) is 1.97. The van der Waals surface area contributed by atoms with Crippen molar-refractivity contribution in [3.8, 4) is 17.0 Å². The summed E-state index contributed by atoms with van der Waals surface area (Å²) in [6, 6.07) is 5.64. The molecule has 0 aliphatic heterocycles. The van der Waals surface area contributed by atoms with E-state index in [0.717, 1.165) is 17.1 Å². The minimum absolute atomic E-state index is 0.599. The molecule has 0 amide bonds. The first-order chi connectivity index (χ1) is 7.20. The summed E-state index contributed by atoms with van der Waals surface area (Å²) in [6.45, 7) is 1.91. The van der Waals surface area contributed by atoms with Crippen molar-refractivity contribution in [3.05, 3.63) is 35.2 Å². The summed E-state index contributed by atoms with van der Waals surface area (Å²) < 4.78 is 5.08. The molecule has 78 valence electrons. The average Bonchev–Trinajstić information content (AvgIpc) is 2.65. The van der Waals surface area contributed by atoms with Gasteiger partial charge in [-0.1, -0.05) is 11.6 Å². The Kier molecular flexibility index (Phi) is 2.64. The van der Waals surface area contributed by atoms with Crippen molar-refractivity contribution in [2.24, 2.45) is 0 Å². The molecule has 0 unspecified atom stereocenters. The lowest BCUT2D eigenvalue weighted by atomic mass is 10.1. The molecule has 0 radical (unpaired) electrons. The molecule has 2 rings (SSSR count). The van der Waals surface area contributed by atoms with Gasteiger partial charge in [-0.3, -0.25) is 0 Å². The van der Waals surface area contributed by atoms with Crippen molar-refractivity contribution in [2.45, 2.75) is 6.92 Å². The molecule has 0 spiro atoms. The Morgan fingerprint density at radius 3 is 2.73 bits per heavy atom. The van der Waals surface area contributed by atoms with Gasteiger partial charge >= 0.3 is 0 Å². The van der Waals surface area contributed by atoms with Crippen molar-refractivity contribution in [1.29, 1.82) is 0 Å². The predicted octanol–water partition coefficient (Wildman–Crippen LogP) is 3.05. The van der Waals surface area contributed by atoms with Crippen molar-refractivity contribution < 1.29 is 4.74 Å². The second kappa shape index (κ2) is 3.95. The number of nitrogens with one attached hydrogen (secondary N) is 1. The van der Waals surface area contributed by atoms with Gasteiger partial charge in [-0.25, -0.2) is 4.98 Å². The van der Waals surface area contributed by atoms with Gasteiger partial charge in [-0.2, -0.15) is 0 Å². The maximum Gasteiger partial charge on any atom is 0.137 e. The van der Waals surface area contributed by atoms with E-state index in [-0.39, 0.29) is 0 Å². The molecule has 15 heavy (non-hydrogen) atoms. The third-order valence-corrected chi connectivity index (χ3v) is 2.46. The fourth-order valence-electron chi connectivity index (χ4n) is 1.40. The standard InChI is InChI=1S/C11H11ClN2O/c1-7-13-6-10(14-7)8-3-4-11(15-2)9(12)5-8/h3-6H,1-2H3,(H,13,14). The summed E-state index contributed by atoms with van der Waals surface area (Å²) in [5.41, 5.74) is 1.96. The number of benzene rings is 1. The largest absolute Gasteiger partial charge is 0.495 e. The van der Waals surface area contributed by atoms with Gasteiger partial charge in [0.1, 0.15) is 11.6 Å². The van der Waals surface area contributed by atoms with Gasteiger partial charge in [0.25, 0.3) is 0 Å². The number of hydrogen-bond donors (Lipinski definition) is 1. The van der Waals surface area contributed by atoms with Crippen LogP contribution < -0.4 is 4.74 Å². The first-order valence-electron chi connectivity index (χ1n) is 4.56. The summed E-state index contributed by atoms with van der Waals surface area (Å²) in [6.07, 6.45) is 1.79. The molecule has 1 aromatic carbocycles. The zero-order chi connectivity index (χ0) is 10.8. The van der Waals surface area contributed by atoms with Gasteiger partial charge < -0.3 is 9.72 Å². The molecule has 1 N–H and O–H groups in total. The number of aromatic nitrogens is 2. The first kappa shape index (κ1) is 10.1. The van der Waals surface area contributed by atoms with E-state index in [4.69, 9.17) is 16.3 Å². The lowest BCUT2D eigenvalue weighted by molar-refractivity contribution is 0.415. The van der Waals surface area contributed by atoms with E-state index in [1.165, 1.54) is 0 Å². The minimum atomic E-state index is 0.599. The molecule has 3 nitrogen and oxygen atoms in total. The molecular formula is C11H11ClN2O. The highest BCUT2D eigenvalue weighted by Crippen LogP contribution is 2.29. The molecule has 1 aromatic heterocycles. The number of aryl methyl sites for hydroxylation is 1. The average molecular weight is 223 g/mol. The number of methoxy groups -OCH3 is 1. The summed E-state index contributed by atoms with van der Waals surface area (Å²) in [4.78, 5) is 7.28. The number of rotatable bonds is 2. The number of nitrogens with zero attached hydrogens (tertiary/aromatic N) is 1. The topological polar surface area (TPSA) is 37.9 Å². The molecule has 0 aliphatic rings. The van der Waals surface area contributed by atoms with Gasteiger partial charge in [0, 0.05) is 5.56 Å². The summed E-state index contributed by atoms with van der Waals surface area (Å²) in [5.74, 6) is 1.56. The van der Waals surface area contributed by atoms with Crippen molar-refractivity contribution in [2.75, 3.05) is 7.11 Å². The normalized spacial score (nSPS) is 10.3. The van der Waals surface area contributed by atoms with Crippen LogP contribution in [0.3, 0.4) is 0 Å². The van der Waals surface area contributed by atoms with Crippen LogP contribution in [0, 0.1) is 6.92 Å². The van der Waals surface area contributed by atoms with Crippen LogP contribution in [-0.4, -0.2) is 17.1 Å². The SMILES string of the molecule is COc1ccc(-c2cnc(C)[nH]2)cc1Cl. The zero-order valence-corrected chi connectivity index (χ0v) is 9.30. The molecule has 2 aromatic rings. The molecule has 0 bridgehead atoms. The number of imidazole rings is 1. The monoisotopic (exact) mass is 222 g/mol. The molecule has 1 heterocycles. The third-order valence-electron chi connectivity index (χ3n) is 2.17. The molecule has 4 heteroatoms. The molecule has 0 fully saturated rings. The molecule has 0 saturated carbocycles. The fraction of sp³-hybridized carbons (Fsp3) is 0.182. The second-order valence-corrected chi connectivity index (χ2v) is 3.64. The van der Waals surface area contributed by atoms with Crippen molar-refractivity contribution in [3.63, 3.8) is 0 Å². The maximum atomic E-state index is 6.03.